The molecule has 0 aliphatic rings. The molecule has 1 amide bonds. The summed E-state index contributed by atoms with van der Waals surface area (Å²) in [5, 5.41) is 13.3. The van der Waals surface area contributed by atoms with Gasteiger partial charge in [0.05, 0.1) is 28.2 Å². The first-order valence-corrected chi connectivity index (χ1v) is 10.3. The number of aromatic nitrogens is 4. The van der Waals surface area contributed by atoms with Crippen molar-refractivity contribution < 1.29 is 4.79 Å². The average Bonchev–Trinajstić information content (AvgIpc) is 3.16. The third-order valence-corrected chi connectivity index (χ3v) is 5.48. The van der Waals surface area contributed by atoms with Crippen LogP contribution in [-0.2, 0) is 13.1 Å². The molecule has 160 valence electrons. The van der Waals surface area contributed by atoms with Gasteiger partial charge < -0.3 is 10.00 Å². The average molecular weight is 447 g/mol. The second-order valence-corrected chi connectivity index (χ2v) is 7.61. The van der Waals surface area contributed by atoms with Crippen molar-refractivity contribution in [2.24, 2.45) is 0 Å². The fourth-order valence-corrected chi connectivity index (χ4v) is 3.69. The molecule has 0 unspecified atom stereocenters. The van der Waals surface area contributed by atoms with Crippen molar-refractivity contribution in [3.63, 3.8) is 0 Å². The number of para-hydroxylation sites is 1. The molecule has 0 atom stereocenters. The summed E-state index contributed by atoms with van der Waals surface area (Å²) in [6.45, 7) is 2.46. The molecule has 9 heteroatoms. The minimum Gasteiger partial charge on any atom is -0.336 e. The maximum atomic E-state index is 13.4. The highest BCUT2D eigenvalue weighted by Crippen LogP contribution is 2.29. The number of benzene rings is 2. The predicted octanol–water partition coefficient (Wildman–Crippen LogP) is 3.60. The molecule has 0 spiro atoms. The van der Waals surface area contributed by atoms with Crippen molar-refractivity contribution in [1.82, 2.24) is 24.6 Å². The highest BCUT2D eigenvalue weighted by molar-refractivity contribution is 6.33. The van der Waals surface area contributed by atoms with Gasteiger partial charge in [-0.15, -0.1) is 0 Å². The molecule has 0 saturated heterocycles. The lowest BCUT2D eigenvalue weighted by atomic mass is 10.1. The summed E-state index contributed by atoms with van der Waals surface area (Å²) in [7, 11) is 1.60. The van der Waals surface area contributed by atoms with E-state index in [4.69, 9.17) is 11.6 Å². The summed E-state index contributed by atoms with van der Waals surface area (Å²) in [5.41, 5.74) is 1.67. The van der Waals surface area contributed by atoms with Gasteiger partial charge in [0, 0.05) is 30.7 Å². The van der Waals surface area contributed by atoms with Gasteiger partial charge in [0.1, 0.15) is 11.8 Å². The van der Waals surface area contributed by atoms with E-state index >= 15 is 0 Å². The third kappa shape index (κ3) is 3.74. The Labute approximate surface area is 188 Å². The number of carbonyl (C=O) groups is 1. The molecule has 32 heavy (non-hydrogen) atoms. The van der Waals surface area contributed by atoms with Crippen molar-refractivity contribution in [2.45, 2.75) is 20.0 Å². The number of amides is 1. The maximum Gasteiger partial charge on any atom is 0.273 e. The van der Waals surface area contributed by atoms with Gasteiger partial charge in [0.15, 0.2) is 5.82 Å². The van der Waals surface area contributed by atoms with Crippen LogP contribution in [0.1, 0.15) is 28.5 Å². The van der Waals surface area contributed by atoms with Gasteiger partial charge in [-0.2, -0.15) is 5.26 Å². The van der Waals surface area contributed by atoms with Crippen LogP contribution in [0, 0.1) is 11.3 Å². The lowest BCUT2D eigenvalue weighted by molar-refractivity contribution is 0.0781. The maximum absolute atomic E-state index is 13.4. The van der Waals surface area contributed by atoms with Gasteiger partial charge in [-0.05, 0) is 25.1 Å². The zero-order valence-corrected chi connectivity index (χ0v) is 18.2. The summed E-state index contributed by atoms with van der Waals surface area (Å²) in [6.07, 6.45) is 1.59. The Bertz CT molecular complexity index is 1430. The van der Waals surface area contributed by atoms with Gasteiger partial charge in [0.2, 0.25) is 0 Å². The number of carbonyl (C=O) groups excluding carboxylic acids is 1. The summed E-state index contributed by atoms with van der Waals surface area (Å²) in [5.74, 6) is -0.151. The molecule has 2 aromatic carbocycles. The number of nitrogens with one attached hydrogen (secondary N) is 1. The number of fused-ring (bicyclic) bond motifs is 1. The van der Waals surface area contributed by atoms with Gasteiger partial charge in [-0.3, -0.25) is 14.3 Å². The van der Waals surface area contributed by atoms with E-state index in [-0.39, 0.29) is 23.6 Å². The second-order valence-electron chi connectivity index (χ2n) is 7.20. The fourth-order valence-electron chi connectivity index (χ4n) is 3.47. The second kappa shape index (κ2) is 8.65. The number of aryl methyl sites for hydroxylation is 1. The smallest absolute Gasteiger partial charge is 0.273 e. The Balaban J connectivity index is 1.84. The van der Waals surface area contributed by atoms with Gasteiger partial charge >= 0.3 is 0 Å². The number of halogens is 1. The van der Waals surface area contributed by atoms with E-state index in [2.05, 4.69) is 21.1 Å². The minimum atomic E-state index is -0.399. The molecule has 4 aromatic rings. The summed E-state index contributed by atoms with van der Waals surface area (Å²) in [4.78, 5) is 36.3. The van der Waals surface area contributed by atoms with Crippen LogP contribution >= 0.6 is 11.6 Å². The van der Waals surface area contributed by atoms with E-state index in [0.29, 0.717) is 39.2 Å². The van der Waals surface area contributed by atoms with Crippen molar-refractivity contribution in [3.8, 4) is 17.5 Å². The van der Waals surface area contributed by atoms with Crippen molar-refractivity contribution in [1.29, 1.82) is 5.26 Å². The number of rotatable bonds is 5. The quantitative estimate of drug-likeness (QED) is 0.504. The fraction of sp³-hybridized carbons (Fsp3) is 0.174. The molecule has 0 fully saturated rings. The minimum absolute atomic E-state index is 0.103. The van der Waals surface area contributed by atoms with Crippen LogP contribution in [0.25, 0.3) is 22.3 Å². The first kappa shape index (κ1) is 21.3. The molecule has 4 rings (SSSR count). The van der Waals surface area contributed by atoms with Crippen LogP contribution in [0.5, 0.6) is 0 Å². The Kier molecular flexibility index (Phi) is 5.75. The van der Waals surface area contributed by atoms with E-state index in [1.165, 1.54) is 9.58 Å². The van der Waals surface area contributed by atoms with Crippen molar-refractivity contribution in [2.75, 3.05) is 7.05 Å². The van der Waals surface area contributed by atoms with E-state index in [1.807, 2.05) is 6.92 Å². The summed E-state index contributed by atoms with van der Waals surface area (Å²) in [6, 6.07) is 14.2. The SMILES string of the molecule is CCn1[nH]cc(CN(C)C(=O)c2nc(-c3ccccc3Cl)nc3c(C#N)cccc23)c1=O. The number of aromatic amines is 1. The number of hydrogen-bond acceptors (Lipinski definition) is 5. The Morgan fingerprint density at radius 3 is 2.69 bits per heavy atom. The highest BCUT2D eigenvalue weighted by Gasteiger charge is 2.22. The van der Waals surface area contributed by atoms with Crippen molar-refractivity contribution >= 4 is 28.4 Å². The van der Waals surface area contributed by atoms with E-state index in [0.717, 1.165) is 0 Å². The predicted molar refractivity (Wildman–Crippen MR) is 121 cm³/mol. The first-order chi connectivity index (χ1) is 15.4. The Morgan fingerprint density at radius 1 is 1.22 bits per heavy atom. The molecular weight excluding hydrogens is 428 g/mol. The molecule has 0 bridgehead atoms. The number of nitriles is 1. The number of H-pyrrole nitrogens is 1. The molecule has 8 nitrogen and oxygen atoms in total. The molecule has 2 heterocycles. The molecule has 0 aliphatic heterocycles. The topological polar surface area (TPSA) is 108 Å². The lowest BCUT2D eigenvalue weighted by Gasteiger charge is -2.17. The largest absolute Gasteiger partial charge is 0.336 e. The first-order valence-electron chi connectivity index (χ1n) is 9.93. The van der Waals surface area contributed by atoms with Gasteiger partial charge in [0.25, 0.3) is 11.5 Å². The third-order valence-electron chi connectivity index (χ3n) is 5.15. The van der Waals surface area contributed by atoms with Crippen LogP contribution < -0.4 is 5.56 Å². The highest BCUT2D eigenvalue weighted by atomic mass is 35.5. The molecule has 0 radical (unpaired) electrons. The van der Waals surface area contributed by atoms with Crippen LogP contribution in [0.2, 0.25) is 5.02 Å². The van der Waals surface area contributed by atoms with Crippen LogP contribution in [0.3, 0.4) is 0 Å². The van der Waals surface area contributed by atoms with E-state index in [9.17, 15) is 14.9 Å². The van der Waals surface area contributed by atoms with E-state index < -0.39 is 5.91 Å². The zero-order valence-electron chi connectivity index (χ0n) is 17.5. The molecular formula is C23H19ClN6O2. The van der Waals surface area contributed by atoms with Gasteiger partial charge in [-0.25, -0.2) is 9.97 Å². The Hall–Kier alpha value is -3.96. The van der Waals surface area contributed by atoms with Gasteiger partial charge in [-0.1, -0.05) is 35.9 Å². The Morgan fingerprint density at radius 2 is 2.00 bits per heavy atom. The van der Waals surface area contributed by atoms with E-state index in [1.54, 1.807) is 55.7 Å². The lowest BCUT2D eigenvalue weighted by Crippen LogP contribution is -2.30. The monoisotopic (exact) mass is 446 g/mol. The normalized spacial score (nSPS) is 10.8. The molecule has 1 N–H and O–H groups in total. The molecule has 0 saturated carbocycles. The van der Waals surface area contributed by atoms with Crippen LogP contribution in [-0.4, -0.2) is 37.6 Å². The number of nitrogens with zero attached hydrogens (tertiary/aromatic N) is 5. The number of hydrogen-bond donors (Lipinski definition) is 1. The summed E-state index contributed by atoms with van der Waals surface area (Å²) < 4.78 is 1.46. The van der Waals surface area contributed by atoms with Crippen LogP contribution in [0.4, 0.5) is 0 Å². The molecule has 0 aliphatic carbocycles. The zero-order chi connectivity index (χ0) is 22.8. The standard InChI is InChI=1S/C23H19ClN6O2/c1-3-30-22(31)15(12-26-30)13-29(2)23(32)20-17-9-6-7-14(11-25)19(17)27-21(28-20)16-8-4-5-10-18(16)24/h4-10,12,26H,3,13H2,1-2H3. The molecule has 2 aromatic heterocycles. The van der Waals surface area contributed by atoms with Crippen LogP contribution in [0.15, 0.2) is 53.5 Å². The summed E-state index contributed by atoms with van der Waals surface area (Å²) >= 11 is 6.34. The van der Waals surface area contributed by atoms with Crippen molar-refractivity contribution in [3.05, 3.63) is 80.9 Å².